The van der Waals surface area contributed by atoms with Gasteiger partial charge in [0.15, 0.2) is 0 Å². The fourth-order valence-electron chi connectivity index (χ4n) is 1.78. The molecule has 0 radical (unpaired) electrons. The van der Waals surface area contributed by atoms with E-state index in [0.717, 1.165) is 18.7 Å². The summed E-state index contributed by atoms with van der Waals surface area (Å²) < 4.78 is 5.28. The first-order valence-corrected chi connectivity index (χ1v) is 5.61. The number of carbonyl (C=O) groups is 1. The lowest BCUT2D eigenvalue weighted by molar-refractivity contribution is -0.137. The number of nitrogens with zero attached hydrogens (tertiary/aromatic N) is 1. The summed E-state index contributed by atoms with van der Waals surface area (Å²) in [4.78, 5) is 12.7. The number of rotatable bonds is 7. The highest BCUT2D eigenvalue weighted by atomic mass is 16.4. The Hall–Kier alpha value is -1.29. The zero-order valence-corrected chi connectivity index (χ0v) is 9.85. The van der Waals surface area contributed by atoms with Crippen LogP contribution in [0.25, 0.3) is 0 Å². The number of carboxylic acids is 1. The lowest BCUT2D eigenvalue weighted by atomic mass is 10.1. The lowest BCUT2D eigenvalue weighted by Gasteiger charge is -2.26. The van der Waals surface area contributed by atoms with Crippen molar-refractivity contribution in [3.63, 3.8) is 0 Å². The van der Waals surface area contributed by atoms with E-state index < -0.39 is 5.97 Å². The van der Waals surface area contributed by atoms with Crippen molar-refractivity contribution in [2.24, 2.45) is 0 Å². The number of aliphatic carboxylic acids is 1. The molecule has 0 spiro atoms. The molecule has 0 saturated carbocycles. The fraction of sp³-hybridized carbons (Fsp3) is 0.583. The van der Waals surface area contributed by atoms with Crippen molar-refractivity contribution < 1.29 is 14.3 Å². The molecule has 0 aliphatic rings. The molecule has 0 bridgehead atoms. The molecule has 1 unspecified atom stereocenters. The molecule has 1 rings (SSSR count). The maximum atomic E-state index is 10.5. The van der Waals surface area contributed by atoms with Crippen molar-refractivity contribution in [3.8, 4) is 0 Å². The van der Waals surface area contributed by atoms with E-state index in [9.17, 15) is 4.79 Å². The molecule has 1 aromatic rings. The average Bonchev–Trinajstić information content (AvgIpc) is 2.71. The third-order valence-electron chi connectivity index (χ3n) is 2.72. The fourth-order valence-corrected chi connectivity index (χ4v) is 1.78. The van der Waals surface area contributed by atoms with Gasteiger partial charge in [-0.05, 0) is 25.6 Å². The van der Waals surface area contributed by atoms with Crippen LogP contribution in [0.2, 0.25) is 0 Å². The van der Waals surface area contributed by atoms with E-state index in [0.29, 0.717) is 12.6 Å². The largest absolute Gasteiger partial charge is 0.481 e. The summed E-state index contributed by atoms with van der Waals surface area (Å²) in [7, 11) is 0. The molecular weight excluding hydrogens is 206 g/mol. The van der Waals surface area contributed by atoms with Crippen molar-refractivity contribution in [2.75, 3.05) is 13.1 Å². The molecule has 0 saturated heterocycles. The number of furan rings is 1. The van der Waals surface area contributed by atoms with Gasteiger partial charge >= 0.3 is 5.97 Å². The lowest BCUT2D eigenvalue weighted by Crippen LogP contribution is -2.36. The molecule has 0 aromatic carbocycles. The normalized spacial score (nSPS) is 12.9. The third-order valence-corrected chi connectivity index (χ3v) is 2.72. The number of carboxylic acid groups (broad SMARTS) is 1. The first kappa shape index (κ1) is 12.8. The first-order valence-electron chi connectivity index (χ1n) is 5.61. The van der Waals surface area contributed by atoms with Gasteiger partial charge in [0.25, 0.3) is 0 Å². The van der Waals surface area contributed by atoms with Crippen LogP contribution in [0.4, 0.5) is 0 Å². The number of hydrogen-bond donors (Lipinski definition) is 1. The van der Waals surface area contributed by atoms with Gasteiger partial charge in [0.1, 0.15) is 5.76 Å². The molecule has 1 atom stereocenters. The predicted molar refractivity (Wildman–Crippen MR) is 61.4 cm³/mol. The SMILES string of the molecule is CCN(CCC(=O)O)C(C)Cc1ccco1. The molecule has 4 heteroatoms. The van der Waals surface area contributed by atoms with Crippen LogP contribution in [0.5, 0.6) is 0 Å². The molecule has 4 nitrogen and oxygen atoms in total. The highest BCUT2D eigenvalue weighted by molar-refractivity contribution is 5.66. The Kier molecular flexibility index (Phi) is 5.05. The molecule has 90 valence electrons. The van der Waals surface area contributed by atoms with Gasteiger partial charge in [-0.25, -0.2) is 0 Å². The Balaban J connectivity index is 2.42. The summed E-state index contributed by atoms with van der Waals surface area (Å²) in [6, 6.07) is 4.12. The summed E-state index contributed by atoms with van der Waals surface area (Å²) in [6.45, 7) is 5.58. The number of likely N-dealkylation sites (N-methyl/N-ethyl adjacent to an activating group) is 1. The van der Waals surface area contributed by atoms with Crippen molar-refractivity contribution in [2.45, 2.75) is 32.7 Å². The molecule has 0 fully saturated rings. The smallest absolute Gasteiger partial charge is 0.304 e. The Morgan fingerprint density at radius 1 is 1.62 bits per heavy atom. The minimum Gasteiger partial charge on any atom is -0.481 e. The standard InChI is InChI=1S/C12H19NO3/c1-3-13(7-6-12(14)15)10(2)9-11-5-4-8-16-11/h4-5,8,10H,3,6-7,9H2,1-2H3,(H,14,15). The van der Waals surface area contributed by atoms with Crippen LogP contribution >= 0.6 is 0 Å². The number of hydrogen-bond acceptors (Lipinski definition) is 3. The second-order valence-corrected chi connectivity index (χ2v) is 3.90. The molecule has 0 aliphatic heterocycles. The van der Waals surface area contributed by atoms with Crippen LogP contribution in [-0.4, -0.2) is 35.1 Å². The van der Waals surface area contributed by atoms with Gasteiger partial charge in [-0.3, -0.25) is 9.69 Å². The molecule has 0 aliphatic carbocycles. The summed E-state index contributed by atoms with van der Waals surface area (Å²) in [6.07, 6.45) is 2.67. The molecule has 1 heterocycles. The monoisotopic (exact) mass is 225 g/mol. The van der Waals surface area contributed by atoms with E-state index in [1.807, 2.05) is 19.1 Å². The molecular formula is C12H19NO3. The van der Waals surface area contributed by atoms with Crippen LogP contribution in [0.1, 0.15) is 26.0 Å². The Morgan fingerprint density at radius 2 is 2.38 bits per heavy atom. The maximum Gasteiger partial charge on any atom is 0.304 e. The van der Waals surface area contributed by atoms with Crippen molar-refractivity contribution in [1.82, 2.24) is 4.90 Å². The van der Waals surface area contributed by atoms with Crippen LogP contribution < -0.4 is 0 Å². The molecule has 16 heavy (non-hydrogen) atoms. The van der Waals surface area contributed by atoms with Gasteiger partial charge in [-0.1, -0.05) is 6.92 Å². The topological polar surface area (TPSA) is 53.7 Å². The van der Waals surface area contributed by atoms with E-state index in [1.165, 1.54) is 0 Å². The van der Waals surface area contributed by atoms with Gasteiger partial charge in [0.05, 0.1) is 12.7 Å². The van der Waals surface area contributed by atoms with E-state index in [-0.39, 0.29) is 6.42 Å². The van der Waals surface area contributed by atoms with Crippen molar-refractivity contribution >= 4 is 5.97 Å². The molecule has 1 N–H and O–H groups in total. The van der Waals surface area contributed by atoms with Gasteiger partial charge in [-0.2, -0.15) is 0 Å². The quantitative estimate of drug-likeness (QED) is 0.771. The third kappa shape index (κ3) is 4.06. The maximum absolute atomic E-state index is 10.5. The molecule has 0 amide bonds. The Bertz CT molecular complexity index is 308. The summed E-state index contributed by atoms with van der Waals surface area (Å²) in [5.41, 5.74) is 0. The zero-order chi connectivity index (χ0) is 12.0. The Morgan fingerprint density at radius 3 is 2.88 bits per heavy atom. The predicted octanol–water partition coefficient (Wildman–Crippen LogP) is 2.01. The van der Waals surface area contributed by atoms with Gasteiger partial charge < -0.3 is 9.52 Å². The zero-order valence-electron chi connectivity index (χ0n) is 9.85. The van der Waals surface area contributed by atoms with Crippen LogP contribution in [0, 0.1) is 0 Å². The van der Waals surface area contributed by atoms with E-state index >= 15 is 0 Å². The minimum absolute atomic E-state index is 0.191. The van der Waals surface area contributed by atoms with Gasteiger partial charge in [0.2, 0.25) is 0 Å². The Labute approximate surface area is 95.9 Å². The second kappa shape index (κ2) is 6.33. The van der Waals surface area contributed by atoms with Crippen LogP contribution in [0.15, 0.2) is 22.8 Å². The average molecular weight is 225 g/mol. The van der Waals surface area contributed by atoms with Crippen LogP contribution in [-0.2, 0) is 11.2 Å². The summed E-state index contributed by atoms with van der Waals surface area (Å²) in [5.74, 6) is 0.199. The summed E-state index contributed by atoms with van der Waals surface area (Å²) in [5, 5.41) is 8.65. The van der Waals surface area contributed by atoms with Gasteiger partial charge in [0, 0.05) is 19.0 Å². The van der Waals surface area contributed by atoms with E-state index in [2.05, 4.69) is 11.8 Å². The van der Waals surface area contributed by atoms with Gasteiger partial charge in [-0.15, -0.1) is 0 Å². The minimum atomic E-state index is -0.747. The highest BCUT2D eigenvalue weighted by Crippen LogP contribution is 2.09. The van der Waals surface area contributed by atoms with E-state index in [4.69, 9.17) is 9.52 Å². The first-order chi connectivity index (χ1) is 7.63. The van der Waals surface area contributed by atoms with Crippen molar-refractivity contribution in [1.29, 1.82) is 0 Å². The van der Waals surface area contributed by atoms with Crippen LogP contribution in [0.3, 0.4) is 0 Å². The molecule has 1 aromatic heterocycles. The highest BCUT2D eigenvalue weighted by Gasteiger charge is 2.14. The summed E-state index contributed by atoms with van der Waals surface area (Å²) >= 11 is 0. The van der Waals surface area contributed by atoms with Crippen molar-refractivity contribution in [3.05, 3.63) is 24.2 Å². The second-order valence-electron chi connectivity index (χ2n) is 3.90. The van der Waals surface area contributed by atoms with E-state index in [1.54, 1.807) is 6.26 Å².